The molecule has 1 aliphatic heterocycles. The molecule has 1 atom stereocenters. The van der Waals surface area contributed by atoms with Crippen molar-refractivity contribution in [3.63, 3.8) is 0 Å². The van der Waals surface area contributed by atoms with Gasteiger partial charge in [-0.25, -0.2) is 4.98 Å². The van der Waals surface area contributed by atoms with E-state index in [-0.39, 0.29) is 24.0 Å². The number of halogens is 1. The van der Waals surface area contributed by atoms with Crippen molar-refractivity contribution in [1.82, 2.24) is 24.8 Å². The lowest BCUT2D eigenvalue weighted by molar-refractivity contribution is 0.144. The Hall–Kier alpha value is -2.15. The summed E-state index contributed by atoms with van der Waals surface area (Å²) in [7, 11) is 2.01. The van der Waals surface area contributed by atoms with Crippen molar-refractivity contribution in [3.8, 4) is 0 Å². The van der Waals surface area contributed by atoms with Crippen LogP contribution in [0.1, 0.15) is 17.4 Å². The topological polar surface area (TPSA) is 66.0 Å². The lowest BCUT2D eigenvalue weighted by atomic mass is 10.1. The van der Waals surface area contributed by atoms with E-state index in [0.29, 0.717) is 6.54 Å². The predicted molar refractivity (Wildman–Crippen MR) is 101 cm³/mol. The number of H-pyrrole nitrogens is 1. The molecule has 1 unspecified atom stereocenters. The van der Waals surface area contributed by atoms with Gasteiger partial charge in [-0.05, 0) is 17.5 Å². The number of imidazole rings is 1. The first-order valence-corrected chi connectivity index (χ1v) is 8.25. The molecule has 2 N–H and O–H groups in total. The summed E-state index contributed by atoms with van der Waals surface area (Å²) in [6.07, 6.45) is 3.79. The van der Waals surface area contributed by atoms with Gasteiger partial charge in [0.25, 0.3) is 5.56 Å². The normalized spacial score (nSPS) is 18.2. The number of piperazine rings is 1. The summed E-state index contributed by atoms with van der Waals surface area (Å²) >= 11 is 0. The number of aromatic amines is 1. The summed E-state index contributed by atoms with van der Waals surface area (Å²) in [4.78, 5) is 22.3. The van der Waals surface area contributed by atoms with Crippen LogP contribution in [0.4, 0.5) is 0 Å². The number of hydrogen-bond donors (Lipinski definition) is 2. The van der Waals surface area contributed by atoms with Gasteiger partial charge in [0.15, 0.2) is 0 Å². The average Bonchev–Trinajstić information content (AvgIpc) is 3.02. The van der Waals surface area contributed by atoms with Gasteiger partial charge >= 0.3 is 0 Å². The van der Waals surface area contributed by atoms with Crippen LogP contribution in [-0.4, -0.2) is 39.1 Å². The molecule has 0 saturated carbocycles. The van der Waals surface area contributed by atoms with Crippen molar-refractivity contribution >= 4 is 23.3 Å². The molecule has 0 spiro atoms. The minimum Gasteiger partial charge on any atom is -0.337 e. The number of aryl methyl sites for hydroxylation is 1. The maximum atomic E-state index is 12.4. The first-order valence-electron chi connectivity index (χ1n) is 8.25. The van der Waals surface area contributed by atoms with E-state index in [0.717, 1.165) is 41.9 Å². The van der Waals surface area contributed by atoms with Crippen molar-refractivity contribution in [3.05, 3.63) is 64.5 Å². The van der Waals surface area contributed by atoms with E-state index >= 15 is 0 Å². The molecule has 2 aromatic heterocycles. The number of para-hydroxylation sites is 1. The number of fused-ring (bicyclic) bond motifs is 1. The highest BCUT2D eigenvalue weighted by atomic mass is 35.5. The molecule has 1 saturated heterocycles. The Balaban J connectivity index is 0.00000182. The highest BCUT2D eigenvalue weighted by Crippen LogP contribution is 2.22. The van der Waals surface area contributed by atoms with Crippen molar-refractivity contribution in [1.29, 1.82) is 0 Å². The van der Waals surface area contributed by atoms with Crippen molar-refractivity contribution in [2.75, 3.05) is 19.6 Å². The predicted octanol–water partition coefficient (Wildman–Crippen LogP) is 1.83. The molecule has 25 heavy (non-hydrogen) atoms. The van der Waals surface area contributed by atoms with Crippen LogP contribution in [0.2, 0.25) is 0 Å². The number of pyridine rings is 1. The second-order valence-electron chi connectivity index (χ2n) is 6.30. The first kappa shape index (κ1) is 17.7. The maximum absolute atomic E-state index is 12.4. The Morgan fingerprint density at radius 3 is 2.96 bits per heavy atom. The third-order valence-electron chi connectivity index (χ3n) is 4.71. The Morgan fingerprint density at radius 1 is 1.32 bits per heavy atom. The van der Waals surface area contributed by atoms with E-state index in [1.165, 1.54) is 0 Å². The second kappa shape index (κ2) is 7.39. The molecule has 1 aromatic carbocycles. The van der Waals surface area contributed by atoms with E-state index in [2.05, 4.69) is 24.8 Å². The minimum absolute atomic E-state index is 0. The number of nitrogens with zero attached hydrogens (tertiary/aromatic N) is 3. The molecular weight excluding hydrogens is 338 g/mol. The Kier molecular flexibility index (Phi) is 5.22. The fourth-order valence-corrected chi connectivity index (χ4v) is 3.42. The number of benzene rings is 1. The van der Waals surface area contributed by atoms with Crippen molar-refractivity contribution in [2.24, 2.45) is 7.05 Å². The van der Waals surface area contributed by atoms with Gasteiger partial charge in [-0.3, -0.25) is 9.69 Å². The molecule has 6 nitrogen and oxygen atoms in total. The molecule has 7 heteroatoms. The van der Waals surface area contributed by atoms with Gasteiger partial charge in [0.2, 0.25) is 0 Å². The molecule has 0 aliphatic carbocycles. The summed E-state index contributed by atoms with van der Waals surface area (Å²) in [5, 5.41) is 4.49. The quantitative estimate of drug-likeness (QED) is 0.748. The van der Waals surface area contributed by atoms with Crippen LogP contribution in [0.3, 0.4) is 0 Å². The molecule has 0 amide bonds. The number of rotatable bonds is 3. The Morgan fingerprint density at radius 2 is 2.16 bits per heavy atom. The van der Waals surface area contributed by atoms with Gasteiger partial charge in [0, 0.05) is 56.7 Å². The number of nitrogens with one attached hydrogen (secondary N) is 2. The monoisotopic (exact) mass is 359 g/mol. The van der Waals surface area contributed by atoms with Gasteiger partial charge in [0.1, 0.15) is 5.82 Å². The van der Waals surface area contributed by atoms with Crippen LogP contribution >= 0.6 is 12.4 Å². The zero-order valence-electron chi connectivity index (χ0n) is 14.1. The van der Waals surface area contributed by atoms with Crippen LogP contribution < -0.4 is 10.9 Å². The average molecular weight is 360 g/mol. The fourth-order valence-electron chi connectivity index (χ4n) is 3.42. The molecule has 3 heterocycles. The highest BCUT2D eigenvalue weighted by molar-refractivity contribution is 5.85. The molecule has 132 valence electrons. The zero-order valence-corrected chi connectivity index (χ0v) is 14.9. The van der Waals surface area contributed by atoms with Crippen LogP contribution in [0.5, 0.6) is 0 Å². The van der Waals surface area contributed by atoms with Crippen LogP contribution in [0.25, 0.3) is 10.9 Å². The fraction of sp³-hybridized carbons (Fsp3) is 0.333. The number of hydrogen-bond acceptors (Lipinski definition) is 4. The Labute approximate surface area is 152 Å². The summed E-state index contributed by atoms with van der Waals surface area (Å²) in [5.41, 5.74) is 1.67. The molecule has 0 radical (unpaired) electrons. The lowest BCUT2D eigenvalue weighted by Crippen LogP contribution is -2.46. The largest absolute Gasteiger partial charge is 0.337 e. The summed E-state index contributed by atoms with van der Waals surface area (Å²) in [6.45, 7) is 3.28. The maximum Gasteiger partial charge on any atom is 0.252 e. The highest BCUT2D eigenvalue weighted by Gasteiger charge is 2.27. The van der Waals surface area contributed by atoms with Gasteiger partial charge in [-0.2, -0.15) is 0 Å². The molecule has 1 fully saturated rings. The molecule has 1 aliphatic rings. The van der Waals surface area contributed by atoms with Crippen LogP contribution in [-0.2, 0) is 13.6 Å². The van der Waals surface area contributed by atoms with E-state index < -0.39 is 0 Å². The second-order valence-corrected chi connectivity index (χ2v) is 6.30. The lowest BCUT2D eigenvalue weighted by Gasteiger charge is -2.35. The molecule has 4 rings (SSSR count). The van der Waals surface area contributed by atoms with Gasteiger partial charge < -0.3 is 14.9 Å². The van der Waals surface area contributed by atoms with E-state index in [9.17, 15) is 4.79 Å². The van der Waals surface area contributed by atoms with Gasteiger partial charge in [-0.15, -0.1) is 12.4 Å². The van der Waals surface area contributed by atoms with Crippen LogP contribution in [0, 0.1) is 0 Å². The van der Waals surface area contributed by atoms with Gasteiger partial charge in [-0.1, -0.05) is 18.2 Å². The van der Waals surface area contributed by atoms with Gasteiger partial charge in [0.05, 0.1) is 6.04 Å². The standard InChI is InChI=1S/C18H21N5O.ClH/c1-22-8-7-20-17(22)16-11-19-6-9-23(16)12-14-10-13-4-2-3-5-15(13)21-18(14)24;/h2-5,7-8,10,16,19H,6,9,11-12H2,1H3,(H,21,24);1H. The molecular formula is C18H22ClN5O. The third kappa shape index (κ3) is 3.46. The third-order valence-corrected chi connectivity index (χ3v) is 4.71. The first-order chi connectivity index (χ1) is 11.7. The summed E-state index contributed by atoms with van der Waals surface area (Å²) < 4.78 is 2.05. The van der Waals surface area contributed by atoms with Crippen molar-refractivity contribution < 1.29 is 0 Å². The van der Waals surface area contributed by atoms with E-state index in [1.807, 2.05) is 49.8 Å². The molecule has 3 aromatic rings. The smallest absolute Gasteiger partial charge is 0.252 e. The Bertz CT molecular complexity index is 919. The summed E-state index contributed by atoms with van der Waals surface area (Å²) in [6, 6.07) is 10.1. The van der Waals surface area contributed by atoms with Crippen molar-refractivity contribution in [2.45, 2.75) is 12.6 Å². The minimum atomic E-state index is -0.00850. The van der Waals surface area contributed by atoms with E-state index in [1.54, 1.807) is 0 Å². The van der Waals surface area contributed by atoms with Crippen LogP contribution in [0.15, 0.2) is 47.5 Å². The summed E-state index contributed by atoms with van der Waals surface area (Å²) in [5.74, 6) is 1.03. The zero-order chi connectivity index (χ0) is 16.5. The number of aromatic nitrogens is 3. The SMILES string of the molecule is Cl.Cn1ccnc1C1CNCCN1Cc1cc2ccccc2[nH]c1=O. The van der Waals surface area contributed by atoms with E-state index in [4.69, 9.17) is 0 Å². The molecule has 0 bridgehead atoms.